The minimum absolute atomic E-state index is 0.0339. The zero-order chi connectivity index (χ0) is 45.4. The van der Waals surface area contributed by atoms with Crippen LogP contribution in [0.15, 0.2) is 58.3 Å². The van der Waals surface area contributed by atoms with Gasteiger partial charge >= 0.3 is 0 Å². The van der Waals surface area contributed by atoms with Crippen molar-refractivity contribution in [3.05, 3.63) is 114 Å². The molecule has 2 saturated heterocycles. The van der Waals surface area contributed by atoms with E-state index in [9.17, 15) is 19.2 Å². The zero-order valence-electron chi connectivity index (χ0n) is 36.3. The summed E-state index contributed by atoms with van der Waals surface area (Å²) in [6.07, 6.45) is 0.323. The molecule has 0 spiro atoms. The second-order valence-corrected chi connectivity index (χ2v) is 16.6. The largest absolute Gasteiger partial charge is 0.368 e. The van der Waals surface area contributed by atoms with Crippen LogP contribution >= 0.6 is 39.1 Å². The van der Waals surface area contributed by atoms with Gasteiger partial charge in [0.2, 0.25) is 0 Å². The Kier molecular flexibility index (Phi) is 16.0. The van der Waals surface area contributed by atoms with Crippen molar-refractivity contribution in [1.29, 1.82) is 0 Å². The number of aliphatic imine (C=N–C) groups is 1. The summed E-state index contributed by atoms with van der Waals surface area (Å²) >= 11 is 16.1. The number of nitrogens with zero attached hydrogens (tertiary/aromatic N) is 7. The molecule has 8 rings (SSSR count). The molecule has 0 saturated carbocycles. The van der Waals surface area contributed by atoms with E-state index in [1.165, 1.54) is 0 Å². The van der Waals surface area contributed by atoms with Crippen LogP contribution in [0.5, 0.6) is 0 Å². The number of carbonyl (C=O) groups excluding carboxylic acids is 3. The highest BCUT2D eigenvalue weighted by atomic mass is 79.9. The van der Waals surface area contributed by atoms with Crippen LogP contribution in [0.1, 0.15) is 61.7 Å². The number of amides is 2. The number of aromatic nitrogens is 4. The first-order valence-corrected chi connectivity index (χ1v) is 22.6. The standard InChI is InChI=1S/C23H26ClN5O2.C12H18N4O.C10H8BrClN2O/c1-14-20(7-6-19(26-14)23(31)25-3)29-10-8-28(9-11-29)13-16-4-5-18-17(22(16)24)12-21(30)15(2)27-18;1-9-11(16-7-5-14-6-8-16)4-3-10(15-9)12(17)13-2;1-5-10(15)14-9-7(13-5)3-2-6(4-11)8(9)12/h4-7H,8-13H2,1-3H3,(H,25,31);3-4,14H,5-8H2,1-2H3,(H,13,17);2-3H,4H2,1H3,(H,14,15). The highest BCUT2D eigenvalue weighted by molar-refractivity contribution is 9.08. The van der Waals surface area contributed by atoms with E-state index in [4.69, 9.17) is 23.2 Å². The van der Waals surface area contributed by atoms with Crippen molar-refractivity contribution < 1.29 is 14.4 Å². The van der Waals surface area contributed by atoms with E-state index in [1.54, 1.807) is 40.1 Å². The summed E-state index contributed by atoms with van der Waals surface area (Å²) in [5.74, 6) is -0.282. The summed E-state index contributed by atoms with van der Waals surface area (Å²) in [6.45, 7) is 15.5. The van der Waals surface area contributed by atoms with Crippen molar-refractivity contribution in [1.82, 2.24) is 40.8 Å². The SMILES string of the molecule is CNC(=O)c1ccc(N2CCN(Cc3ccc4c(c3Cl)CC(=O)C(C)=N4)CC2)c(C)n1.CNC(=O)c1ccc(N2CCNCC2)c(C)n1.Cc1nc2ccc(CBr)c(Cl)c2[nH]c1=O. The average molecular weight is 962 g/mol. The van der Waals surface area contributed by atoms with Crippen LogP contribution in [0.4, 0.5) is 17.1 Å². The van der Waals surface area contributed by atoms with Crippen LogP contribution in [-0.4, -0.2) is 115 Å². The van der Waals surface area contributed by atoms with Crippen molar-refractivity contribution in [2.24, 2.45) is 4.99 Å². The number of aryl methyl sites for hydroxylation is 3. The minimum atomic E-state index is -0.198. The fourth-order valence-corrected chi connectivity index (χ4v) is 8.71. The number of alkyl halides is 1. The van der Waals surface area contributed by atoms with Gasteiger partial charge in [-0.05, 0) is 75.2 Å². The predicted molar refractivity (Wildman–Crippen MR) is 255 cm³/mol. The van der Waals surface area contributed by atoms with E-state index < -0.39 is 0 Å². The molecule has 18 heteroatoms. The van der Waals surface area contributed by atoms with Gasteiger partial charge in [0.1, 0.15) is 17.1 Å². The molecule has 0 atom stereocenters. The van der Waals surface area contributed by atoms with Crippen molar-refractivity contribution in [3.63, 3.8) is 0 Å². The topological polar surface area (TPSA) is 181 Å². The number of anilines is 2. The van der Waals surface area contributed by atoms with E-state index >= 15 is 0 Å². The smallest absolute Gasteiger partial charge is 0.269 e. The molecule has 63 heavy (non-hydrogen) atoms. The Labute approximate surface area is 385 Å². The van der Waals surface area contributed by atoms with Crippen LogP contribution in [0, 0.1) is 20.8 Å². The first-order chi connectivity index (χ1) is 30.2. The van der Waals surface area contributed by atoms with Gasteiger partial charge in [-0.3, -0.25) is 24.1 Å². The zero-order valence-corrected chi connectivity index (χ0v) is 39.4. The summed E-state index contributed by atoms with van der Waals surface area (Å²) in [6, 6.07) is 15.2. The van der Waals surface area contributed by atoms with Crippen molar-refractivity contribution >= 4 is 90.5 Å². The number of Topliss-reactive ketones (excluding diaryl/α,β-unsaturated/α-hetero) is 1. The van der Waals surface area contributed by atoms with Gasteiger partial charge in [-0.1, -0.05) is 51.3 Å². The number of aromatic amines is 1. The van der Waals surface area contributed by atoms with E-state index in [0.29, 0.717) is 55.6 Å². The van der Waals surface area contributed by atoms with Crippen LogP contribution < -0.4 is 31.3 Å². The second-order valence-electron chi connectivity index (χ2n) is 15.3. The molecule has 0 bridgehead atoms. The normalized spacial score (nSPS) is 15.1. The number of H-pyrrole nitrogens is 1. The maximum absolute atomic E-state index is 12.1. The maximum Gasteiger partial charge on any atom is 0.269 e. The molecule has 3 aliphatic rings. The highest BCUT2D eigenvalue weighted by Crippen LogP contribution is 2.34. The average Bonchev–Trinajstić information content (AvgIpc) is 3.29. The van der Waals surface area contributed by atoms with Gasteiger partial charge in [-0.15, -0.1) is 0 Å². The van der Waals surface area contributed by atoms with Gasteiger partial charge in [0.25, 0.3) is 17.4 Å². The van der Waals surface area contributed by atoms with Crippen LogP contribution in [0.2, 0.25) is 10.0 Å². The third-order valence-electron chi connectivity index (χ3n) is 11.1. The second kappa shape index (κ2) is 21.4. The summed E-state index contributed by atoms with van der Waals surface area (Å²) in [5.41, 5.74) is 10.6. The maximum atomic E-state index is 12.1. The molecule has 4 N–H and O–H groups in total. The van der Waals surface area contributed by atoms with Gasteiger partial charge in [0.15, 0.2) is 5.78 Å². The number of carbonyl (C=O) groups is 3. The van der Waals surface area contributed by atoms with Crippen molar-refractivity contribution in [2.75, 3.05) is 76.3 Å². The Balaban J connectivity index is 0.000000174. The number of nitrogens with one attached hydrogen (secondary N) is 4. The third kappa shape index (κ3) is 11.3. The third-order valence-corrected chi connectivity index (χ3v) is 12.6. The Morgan fingerprint density at radius 3 is 1.84 bits per heavy atom. The summed E-state index contributed by atoms with van der Waals surface area (Å²) in [5, 5.41) is 10.4. The Morgan fingerprint density at radius 1 is 0.714 bits per heavy atom. The number of benzene rings is 2. The van der Waals surface area contributed by atoms with Gasteiger partial charge < -0.3 is 30.7 Å². The number of piperazine rings is 2. The van der Waals surface area contributed by atoms with Crippen LogP contribution in [-0.2, 0) is 23.1 Å². The van der Waals surface area contributed by atoms with Gasteiger partial charge in [-0.2, -0.15) is 0 Å². The molecule has 6 heterocycles. The monoisotopic (exact) mass is 959 g/mol. The summed E-state index contributed by atoms with van der Waals surface area (Å²) < 4.78 is 0. The molecular formula is C45H52BrCl2N11O4. The fourth-order valence-electron chi connectivity index (χ4n) is 7.52. The molecule has 3 aliphatic heterocycles. The van der Waals surface area contributed by atoms with E-state index in [0.717, 1.165) is 104 Å². The van der Waals surface area contributed by atoms with Gasteiger partial charge in [-0.25, -0.2) is 19.9 Å². The number of pyridine rings is 2. The van der Waals surface area contributed by atoms with Crippen LogP contribution in [0.3, 0.4) is 0 Å². The number of fused-ring (bicyclic) bond motifs is 2. The molecule has 3 aromatic heterocycles. The Hall–Kier alpha value is -5.26. The molecule has 5 aromatic rings. The van der Waals surface area contributed by atoms with E-state index in [-0.39, 0.29) is 23.2 Å². The molecule has 0 aliphatic carbocycles. The van der Waals surface area contributed by atoms with Gasteiger partial charge in [0, 0.05) is 90.3 Å². The Morgan fingerprint density at radius 2 is 1.29 bits per heavy atom. The lowest BCUT2D eigenvalue weighted by Gasteiger charge is -2.36. The van der Waals surface area contributed by atoms with Crippen LogP contribution in [0.25, 0.3) is 11.0 Å². The predicted octanol–water partition coefficient (Wildman–Crippen LogP) is 5.88. The molecule has 2 aromatic carbocycles. The first-order valence-electron chi connectivity index (χ1n) is 20.7. The lowest BCUT2D eigenvalue weighted by Crippen LogP contribution is -2.46. The molecule has 332 valence electrons. The Bertz CT molecular complexity index is 2610. The van der Waals surface area contributed by atoms with E-state index in [1.807, 2.05) is 50.2 Å². The van der Waals surface area contributed by atoms with E-state index in [2.05, 4.69) is 71.5 Å². The molecule has 2 fully saturated rings. The van der Waals surface area contributed by atoms with Crippen molar-refractivity contribution in [3.8, 4) is 0 Å². The van der Waals surface area contributed by atoms with Crippen molar-refractivity contribution in [2.45, 2.75) is 46.0 Å². The van der Waals surface area contributed by atoms with Gasteiger partial charge in [0.05, 0.1) is 55.2 Å². The summed E-state index contributed by atoms with van der Waals surface area (Å²) in [4.78, 5) is 73.7. The molecule has 2 amide bonds. The molecule has 0 unspecified atom stereocenters. The molecular weight excluding hydrogens is 909 g/mol. The first kappa shape index (κ1) is 47.2. The lowest BCUT2D eigenvalue weighted by atomic mass is 9.98. The molecule has 0 radical (unpaired) electrons. The summed E-state index contributed by atoms with van der Waals surface area (Å²) in [7, 11) is 3.22. The number of halogens is 3. The molecule has 15 nitrogen and oxygen atoms in total. The highest BCUT2D eigenvalue weighted by Gasteiger charge is 2.24. The number of ketones is 1. The minimum Gasteiger partial charge on any atom is -0.368 e. The number of rotatable bonds is 7. The fraction of sp³-hybridized carbons (Fsp3) is 0.378. The number of hydrogen-bond acceptors (Lipinski definition) is 12. The lowest BCUT2D eigenvalue weighted by molar-refractivity contribution is -0.112. The number of hydrogen-bond donors (Lipinski definition) is 4. The quantitative estimate of drug-likeness (QED) is 0.143.